The summed E-state index contributed by atoms with van der Waals surface area (Å²) in [7, 11) is 0. The van der Waals surface area contributed by atoms with Crippen LogP contribution in [0.4, 0.5) is 0 Å². The van der Waals surface area contributed by atoms with Crippen LogP contribution in [0, 0.1) is 0 Å². The lowest BCUT2D eigenvalue weighted by atomic mass is 9.78. The van der Waals surface area contributed by atoms with Gasteiger partial charge in [0.05, 0.1) is 6.04 Å². The number of hydrogen-bond donors (Lipinski definition) is 2. The summed E-state index contributed by atoms with van der Waals surface area (Å²) in [5.41, 5.74) is 1.18. The average Bonchev–Trinajstić information content (AvgIpc) is 2.49. The minimum atomic E-state index is -0.0778. The lowest BCUT2D eigenvalue weighted by Gasteiger charge is -2.34. The molecule has 4 heteroatoms. The molecular weight excluding hydrogens is 284 g/mol. The van der Waals surface area contributed by atoms with E-state index in [0.29, 0.717) is 0 Å². The number of rotatable bonds is 4. The van der Waals surface area contributed by atoms with Crippen molar-refractivity contribution in [3.63, 3.8) is 0 Å². The summed E-state index contributed by atoms with van der Waals surface area (Å²) >= 11 is 0. The molecular formula is C17H27ClN2O. The third kappa shape index (κ3) is 4.45. The molecule has 2 N–H and O–H groups in total. The Bertz CT molecular complexity index is 441. The van der Waals surface area contributed by atoms with E-state index in [9.17, 15) is 4.79 Å². The predicted octanol–water partition coefficient (Wildman–Crippen LogP) is 3.03. The van der Waals surface area contributed by atoms with Gasteiger partial charge in [-0.15, -0.1) is 12.4 Å². The highest BCUT2D eigenvalue weighted by Crippen LogP contribution is 2.27. The van der Waals surface area contributed by atoms with Gasteiger partial charge >= 0.3 is 0 Å². The van der Waals surface area contributed by atoms with Gasteiger partial charge in [-0.1, -0.05) is 50.6 Å². The first kappa shape index (κ1) is 18.0. The molecule has 1 aliphatic heterocycles. The van der Waals surface area contributed by atoms with Crippen LogP contribution >= 0.6 is 12.4 Å². The molecule has 1 aromatic rings. The van der Waals surface area contributed by atoms with E-state index >= 15 is 0 Å². The van der Waals surface area contributed by atoms with Crippen LogP contribution in [-0.4, -0.2) is 24.5 Å². The number of amides is 1. The van der Waals surface area contributed by atoms with Crippen LogP contribution in [0.3, 0.4) is 0 Å². The maximum absolute atomic E-state index is 12.3. The Hall–Kier alpha value is -1.06. The van der Waals surface area contributed by atoms with Gasteiger partial charge in [-0.25, -0.2) is 0 Å². The quantitative estimate of drug-likeness (QED) is 0.897. The largest absolute Gasteiger partial charge is 0.351 e. The number of hydrogen-bond acceptors (Lipinski definition) is 2. The van der Waals surface area contributed by atoms with E-state index in [1.165, 1.54) is 12.0 Å². The molecule has 1 aliphatic rings. The van der Waals surface area contributed by atoms with Gasteiger partial charge in [-0.3, -0.25) is 4.79 Å². The van der Waals surface area contributed by atoms with Crippen molar-refractivity contribution in [2.75, 3.05) is 6.54 Å². The highest BCUT2D eigenvalue weighted by molar-refractivity contribution is 5.85. The first-order chi connectivity index (χ1) is 9.51. The second-order valence-corrected chi connectivity index (χ2v) is 6.32. The third-order valence-electron chi connectivity index (χ3n) is 4.59. The van der Waals surface area contributed by atoms with Crippen LogP contribution < -0.4 is 10.6 Å². The molecule has 0 radical (unpaired) electrons. The van der Waals surface area contributed by atoms with Gasteiger partial charge in [-0.05, 0) is 31.9 Å². The third-order valence-corrected chi connectivity index (χ3v) is 4.59. The minimum Gasteiger partial charge on any atom is -0.351 e. The number of piperidine rings is 1. The summed E-state index contributed by atoms with van der Waals surface area (Å²) in [5, 5.41) is 6.49. The molecule has 1 fully saturated rings. The molecule has 0 bridgehead atoms. The van der Waals surface area contributed by atoms with E-state index in [1.54, 1.807) is 0 Å². The zero-order valence-corrected chi connectivity index (χ0v) is 14.0. The Morgan fingerprint density at radius 2 is 1.95 bits per heavy atom. The molecule has 1 heterocycles. The normalized spacial score (nSPS) is 20.2. The molecule has 2 rings (SSSR count). The topological polar surface area (TPSA) is 41.1 Å². The summed E-state index contributed by atoms with van der Waals surface area (Å²) in [6.45, 7) is 7.41. The number of carbonyl (C=O) groups is 1. The van der Waals surface area contributed by atoms with Crippen molar-refractivity contribution in [3.8, 4) is 0 Å². The van der Waals surface area contributed by atoms with Crippen LogP contribution in [0.25, 0.3) is 0 Å². The van der Waals surface area contributed by atoms with Crippen molar-refractivity contribution >= 4 is 18.3 Å². The standard InChI is InChI=1S/C17H26N2O.ClH/c1-13(17(2,3)14-9-5-4-6-10-14)19-16(20)15-11-7-8-12-18-15;/h4-6,9-10,13,15,18H,7-8,11-12H2,1-3H3,(H,19,20);1H/t13?,15-;/m1./s1. The maximum atomic E-state index is 12.3. The molecule has 0 saturated carbocycles. The van der Waals surface area contributed by atoms with Gasteiger partial charge < -0.3 is 10.6 Å². The van der Waals surface area contributed by atoms with Crippen LogP contribution in [0.2, 0.25) is 0 Å². The van der Waals surface area contributed by atoms with E-state index in [0.717, 1.165) is 19.4 Å². The fourth-order valence-corrected chi connectivity index (χ4v) is 2.69. The molecule has 1 aromatic carbocycles. The van der Waals surface area contributed by atoms with Crippen molar-refractivity contribution in [2.45, 2.75) is 57.5 Å². The first-order valence-corrected chi connectivity index (χ1v) is 7.61. The van der Waals surface area contributed by atoms with E-state index < -0.39 is 0 Å². The predicted molar refractivity (Wildman–Crippen MR) is 90.0 cm³/mol. The van der Waals surface area contributed by atoms with Crippen LogP contribution in [0.5, 0.6) is 0 Å². The highest BCUT2D eigenvalue weighted by atomic mass is 35.5. The van der Waals surface area contributed by atoms with Gasteiger partial charge in [0.2, 0.25) is 5.91 Å². The van der Waals surface area contributed by atoms with Gasteiger partial charge in [0, 0.05) is 11.5 Å². The van der Waals surface area contributed by atoms with E-state index in [4.69, 9.17) is 0 Å². The lowest BCUT2D eigenvalue weighted by Crippen LogP contribution is -2.53. The molecule has 0 aromatic heterocycles. The summed E-state index contributed by atoms with van der Waals surface area (Å²) in [6, 6.07) is 10.5. The van der Waals surface area contributed by atoms with Crippen LogP contribution in [0.15, 0.2) is 30.3 Å². The number of halogens is 1. The van der Waals surface area contributed by atoms with Gasteiger partial charge in [0.1, 0.15) is 0 Å². The Morgan fingerprint density at radius 3 is 2.52 bits per heavy atom. The smallest absolute Gasteiger partial charge is 0.237 e. The molecule has 0 spiro atoms. The van der Waals surface area contributed by atoms with Gasteiger partial charge in [0.25, 0.3) is 0 Å². The summed E-state index contributed by atoms with van der Waals surface area (Å²) in [6.07, 6.45) is 3.26. The number of benzene rings is 1. The van der Waals surface area contributed by atoms with Gasteiger partial charge in [0.15, 0.2) is 0 Å². The molecule has 1 amide bonds. The summed E-state index contributed by atoms with van der Waals surface area (Å²) in [5.74, 6) is 0.140. The second kappa shape index (κ2) is 7.81. The fourth-order valence-electron chi connectivity index (χ4n) is 2.69. The van der Waals surface area contributed by atoms with E-state index in [1.807, 2.05) is 18.2 Å². The molecule has 3 nitrogen and oxygen atoms in total. The van der Waals surface area contributed by atoms with Crippen molar-refractivity contribution in [2.24, 2.45) is 0 Å². The summed E-state index contributed by atoms with van der Waals surface area (Å²) in [4.78, 5) is 12.3. The maximum Gasteiger partial charge on any atom is 0.237 e. The average molecular weight is 311 g/mol. The number of carbonyl (C=O) groups excluding carboxylic acids is 1. The molecule has 21 heavy (non-hydrogen) atoms. The second-order valence-electron chi connectivity index (χ2n) is 6.32. The monoisotopic (exact) mass is 310 g/mol. The SMILES string of the molecule is CC(NC(=O)[C@H]1CCCCN1)C(C)(C)c1ccccc1.Cl. The van der Waals surface area contributed by atoms with Crippen molar-refractivity contribution in [3.05, 3.63) is 35.9 Å². The zero-order chi connectivity index (χ0) is 14.6. The Kier molecular flexibility index (Phi) is 6.69. The zero-order valence-electron chi connectivity index (χ0n) is 13.2. The Balaban J connectivity index is 0.00000220. The minimum absolute atomic E-state index is 0. The first-order valence-electron chi connectivity index (χ1n) is 7.61. The number of nitrogens with one attached hydrogen (secondary N) is 2. The van der Waals surface area contributed by atoms with Gasteiger partial charge in [-0.2, -0.15) is 0 Å². The Labute approximate surface area is 134 Å². The van der Waals surface area contributed by atoms with E-state index in [2.05, 4.69) is 43.5 Å². The van der Waals surface area contributed by atoms with Crippen molar-refractivity contribution < 1.29 is 4.79 Å². The molecule has 0 aliphatic carbocycles. The summed E-state index contributed by atoms with van der Waals surface area (Å²) < 4.78 is 0. The fraction of sp³-hybridized carbons (Fsp3) is 0.588. The van der Waals surface area contributed by atoms with Crippen LogP contribution in [0.1, 0.15) is 45.6 Å². The molecule has 1 saturated heterocycles. The lowest BCUT2D eigenvalue weighted by molar-refractivity contribution is -0.124. The Morgan fingerprint density at radius 1 is 1.29 bits per heavy atom. The van der Waals surface area contributed by atoms with Crippen molar-refractivity contribution in [1.29, 1.82) is 0 Å². The van der Waals surface area contributed by atoms with E-state index in [-0.39, 0.29) is 35.8 Å². The van der Waals surface area contributed by atoms with Crippen LogP contribution in [-0.2, 0) is 10.2 Å². The molecule has 118 valence electrons. The highest BCUT2D eigenvalue weighted by Gasteiger charge is 2.31. The van der Waals surface area contributed by atoms with Crippen molar-refractivity contribution in [1.82, 2.24) is 10.6 Å². The molecule has 2 atom stereocenters. The molecule has 1 unspecified atom stereocenters.